The standard InChI is InChI=1S/C28H30Cl2N4O3/c1-18-5-7-24(13-19(18)2)37-26-8-6-20(27(35)31-9-12-34-10-3-4-11-34)14-25(26)33-28(36)32-23-16-21(29)15-22(30)17-23/h5-8,13-17H,3-4,9-12H2,1-2H3,(H,31,35)(H2,32,33,36). The molecule has 0 unspecified atom stereocenters. The molecule has 0 radical (unpaired) electrons. The summed E-state index contributed by atoms with van der Waals surface area (Å²) in [5, 5.41) is 9.26. The molecule has 0 aromatic heterocycles. The summed E-state index contributed by atoms with van der Waals surface area (Å²) in [7, 11) is 0. The molecule has 1 heterocycles. The Morgan fingerprint density at radius 2 is 1.62 bits per heavy atom. The van der Waals surface area contributed by atoms with Crippen molar-refractivity contribution in [3.63, 3.8) is 0 Å². The summed E-state index contributed by atoms with van der Waals surface area (Å²) in [4.78, 5) is 28.0. The SMILES string of the molecule is Cc1ccc(Oc2ccc(C(=O)NCCN3CCCC3)cc2NC(=O)Nc2cc(Cl)cc(Cl)c2)cc1C. The molecule has 0 aliphatic carbocycles. The van der Waals surface area contributed by atoms with Crippen LogP contribution in [0, 0.1) is 13.8 Å². The van der Waals surface area contributed by atoms with Gasteiger partial charge in [-0.1, -0.05) is 29.3 Å². The summed E-state index contributed by atoms with van der Waals surface area (Å²) in [6.07, 6.45) is 2.41. The van der Waals surface area contributed by atoms with Gasteiger partial charge in [0.15, 0.2) is 5.75 Å². The molecule has 3 aromatic carbocycles. The third-order valence-electron chi connectivity index (χ3n) is 6.23. The zero-order chi connectivity index (χ0) is 26.4. The van der Waals surface area contributed by atoms with E-state index in [0.717, 1.165) is 30.8 Å². The fourth-order valence-corrected chi connectivity index (χ4v) is 4.63. The van der Waals surface area contributed by atoms with Crippen molar-refractivity contribution in [1.29, 1.82) is 0 Å². The number of hydrogen-bond donors (Lipinski definition) is 3. The molecule has 0 bridgehead atoms. The first-order chi connectivity index (χ1) is 17.8. The Labute approximate surface area is 227 Å². The molecule has 1 aliphatic heterocycles. The number of hydrogen-bond acceptors (Lipinski definition) is 4. The van der Waals surface area contributed by atoms with Gasteiger partial charge in [0, 0.05) is 34.4 Å². The summed E-state index contributed by atoms with van der Waals surface area (Å²) < 4.78 is 6.09. The van der Waals surface area contributed by atoms with E-state index in [9.17, 15) is 9.59 Å². The Balaban J connectivity index is 1.52. The molecule has 7 nitrogen and oxygen atoms in total. The third kappa shape index (κ3) is 7.61. The highest BCUT2D eigenvalue weighted by Crippen LogP contribution is 2.32. The number of rotatable bonds is 8. The van der Waals surface area contributed by atoms with Crippen LogP contribution in [0.3, 0.4) is 0 Å². The first-order valence-electron chi connectivity index (χ1n) is 12.2. The first-order valence-corrected chi connectivity index (χ1v) is 13.0. The van der Waals surface area contributed by atoms with Crippen molar-refractivity contribution in [3.8, 4) is 11.5 Å². The molecular formula is C28H30Cl2N4O3. The summed E-state index contributed by atoms with van der Waals surface area (Å²) in [5.41, 5.74) is 3.41. The highest BCUT2D eigenvalue weighted by atomic mass is 35.5. The van der Waals surface area contributed by atoms with Crippen LogP contribution in [-0.2, 0) is 0 Å². The molecule has 0 spiro atoms. The Morgan fingerprint density at radius 1 is 0.892 bits per heavy atom. The van der Waals surface area contributed by atoms with Gasteiger partial charge in [0.1, 0.15) is 5.75 Å². The molecule has 3 amide bonds. The van der Waals surface area contributed by atoms with Crippen molar-refractivity contribution in [2.75, 3.05) is 36.8 Å². The van der Waals surface area contributed by atoms with Gasteiger partial charge in [0.25, 0.3) is 5.91 Å². The molecule has 1 aliphatic rings. The van der Waals surface area contributed by atoms with Crippen molar-refractivity contribution in [2.45, 2.75) is 26.7 Å². The Bertz CT molecular complexity index is 1270. The van der Waals surface area contributed by atoms with Gasteiger partial charge in [-0.25, -0.2) is 4.79 Å². The monoisotopic (exact) mass is 540 g/mol. The number of ether oxygens (including phenoxy) is 1. The van der Waals surface area contributed by atoms with E-state index in [1.165, 1.54) is 12.8 Å². The topological polar surface area (TPSA) is 82.7 Å². The van der Waals surface area contributed by atoms with E-state index in [1.807, 2.05) is 32.0 Å². The second-order valence-corrected chi connectivity index (χ2v) is 9.97. The van der Waals surface area contributed by atoms with Crippen LogP contribution in [0.1, 0.15) is 34.3 Å². The van der Waals surface area contributed by atoms with Gasteiger partial charge < -0.3 is 25.6 Å². The first kappa shape index (κ1) is 26.8. The average Bonchev–Trinajstić information content (AvgIpc) is 3.35. The lowest BCUT2D eigenvalue weighted by Gasteiger charge is -2.16. The molecule has 0 atom stereocenters. The Morgan fingerprint density at radius 3 is 2.32 bits per heavy atom. The second kappa shape index (κ2) is 12.3. The van der Waals surface area contributed by atoms with Gasteiger partial charge in [-0.2, -0.15) is 0 Å². The number of benzene rings is 3. The molecule has 3 N–H and O–H groups in total. The van der Waals surface area contributed by atoms with Gasteiger partial charge in [0.05, 0.1) is 5.69 Å². The molecule has 3 aromatic rings. The Hall–Kier alpha value is -3.26. The maximum Gasteiger partial charge on any atom is 0.323 e. The van der Waals surface area contributed by atoms with Gasteiger partial charge in [0.2, 0.25) is 0 Å². The van der Waals surface area contributed by atoms with Crippen LogP contribution >= 0.6 is 23.2 Å². The van der Waals surface area contributed by atoms with Crippen molar-refractivity contribution >= 4 is 46.5 Å². The van der Waals surface area contributed by atoms with E-state index in [1.54, 1.807) is 36.4 Å². The maximum atomic E-state index is 12.8. The largest absolute Gasteiger partial charge is 0.455 e. The van der Waals surface area contributed by atoms with Crippen LogP contribution in [0.5, 0.6) is 11.5 Å². The molecule has 4 rings (SSSR count). The number of anilines is 2. The van der Waals surface area contributed by atoms with E-state index < -0.39 is 6.03 Å². The predicted octanol–water partition coefficient (Wildman–Crippen LogP) is 6.87. The smallest absolute Gasteiger partial charge is 0.323 e. The van der Waals surface area contributed by atoms with Gasteiger partial charge in [-0.15, -0.1) is 0 Å². The van der Waals surface area contributed by atoms with E-state index in [0.29, 0.717) is 45.0 Å². The van der Waals surface area contributed by atoms with Crippen LogP contribution in [0.25, 0.3) is 0 Å². The summed E-state index contributed by atoms with van der Waals surface area (Å²) in [6.45, 7) is 7.53. The molecule has 194 valence electrons. The zero-order valence-corrected chi connectivity index (χ0v) is 22.4. The average molecular weight is 541 g/mol. The summed E-state index contributed by atoms with van der Waals surface area (Å²) in [6, 6.07) is 14.9. The number of nitrogens with one attached hydrogen (secondary N) is 3. The lowest BCUT2D eigenvalue weighted by molar-refractivity contribution is 0.0949. The number of halogens is 2. The van der Waals surface area contributed by atoms with Gasteiger partial charge >= 0.3 is 6.03 Å². The van der Waals surface area contributed by atoms with Crippen LogP contribution in [0.2, 0.25) is 10.0 Å². The molecule has 1 saturated heterocycles. The summed E-state index contributed by atoms with van der Waals surface area (Å²) in [5.74, 6) is 0.800. The number of nitrogens with zero attached hydrogens (tertiary/aromatic N) is 1. The fourth-order valence-electron chi connectivity index (χ4n) is 4.11. The number of carbonyl (C=O) groups excluding carboxylic acids is 2. The van der Waals surface area contributed by atoms with Crippen molar-refractivity contribution in [1.82, 2.24) is 10.2 Å². The minimum absolute atomic E-state index is 0.220. The number of urea groups is 1. The fraction of sp³-hybridized carbons (Fsp3) is 0.286. The highest BCUT2D eigenvalue weighted by molar-refractivity contribution is 6.35. The lowest BCUT2D eigenvalue weighted by atomic mass is 10.1. The zero-order valence-electron chi connectivity index (χ0n) is 20.9. The molecule has 9 heteroatoms. The van der Waals surface area contributed by atoms with E-state index in [2.05, 4.69) is 20.9 Å². The van der Waals surface area contributed by atoms with Gasteiger partial charge in [-0.3, -0.25) is 4.79 Å². The molecule has 37 heavy (non-hydrogen) atoms. The number of aryl methyl sites for hydroxylation is 2. The van der Waals surface area contributed by atoms with Gasteiger partial charge in [-0.05, 0) is 99.4 Å². The predicted molar refractivity (Wildman–Crippen MR) is 150 cm³/mol. The summed E-state index contributed by atoms with van der Waals surface area (Å²) >= 11 is 12.1. The molecular weight excluding hydrogens is 511 g/mol. The number of likely N-dealkylation sites (tertiary alicyclic amines) is 1. The van der Waals surface area contributed by atoms with Crippen molar-refractivity contribution in [2.24, 2.45) is 0 Å². The number of amides is 3. The third-order valence-corrected chi connectivity index (χ3v) is 6.67. The van der Waals surface area contributed by atoms with Crippen LogP contribution in [0.4, 0.5) is 16.2 Å². The lowest BCUT2D eigenvalue weighted by Crippen LogP contribution is -2.33. The maximum absolute atomic E-state index is 12.8. The highest BCUT2D eigenvalue weighted by Gasteiger charge is 2.16. The molecule has 1 fully saturated rings. The normalized spacial score (nSPS) is 13.3. The van der Waals surface area contributed by atoms with Crippen LogP contribution < -0.4 is 20.7 Å². The van der Waals surface area contributed by atoms with Crippen molar-refractivity contribution < 1.29 is 14.3 Å². The van der Waals surface area contributed by atoms with Crippen molar-refractivity contribution in [3.05, 3.63) is 81.3 Å². The van der Waals surface area contributed by atoms with E-state index in [4.69, 9.17) is 27.9 Å². The minimum atomic E-state index is -0.533. The Kier molecular flexibility index (Phi) is 8.92. The number of carbonyl (C=O) groups is 2. The molecule has 0 saturated carbocycles. The quantitative estimate of drug-likeness (QED) is 0.291. The van der Waals surface area contributed by atoms with Crippen LogP contribution in [-0.4, -0.2) is 43.0 Å². The second-order valence-electron chi connectivity index (χ2n) is 9.10. The van der Waals surface area contributed by atoms with Crippen LogP contribution in [0.15, 0.2) is 54.6 Å². The minimum Gasteiger partial charge on any atom is -0.455 e. The van der Waals surface area contributed by atoms with E-state index >= 15 is 0 Å². The van der Waals surface area contributed by atoms with E-state index in [-0.39, 0.29) is 5.91 Å².